The molecule has 0 fully saturated rings. The van der Waals surface area contributed by atoms with E-state index in [9.17, 15) is 4.79 Å². The summed E-state index contributed by atoms with van der Waals surface area (Å²) in [7, 11) is 0. The van der Waals surface area contributed by atoms with E-state index in [1.165, 1.54) is 6.42 Å². The third-order valence-corrected chi connectivity index (χ3v) is 3.67. The fourth-order valence-corrected chi connectivity index (χ4v) is 2.75. The Labute approximate surface area is 132 Å². The Morgan fingerprint density at radius 2 is 2.09 bits per heavy atom. The van der Waals surface area contributed by atoms with Crippen LogP contribution < -0.4 is 0 Å². The van der Waals surface area contributed by atoms with E-state index in [1.54, 1.807) is 0 Å². The Balaban J connectivity index is 2.04. The van der Waals surface area contributed by atoms with E-state index in [-0.39, 0.29) is 18.7 Å². The van der Waals surface area contributed by atoms with Crippen LogP contribution in [0.2, 0.25) is 0 Å². The van der Waals surface area contributed by atoms with E-state index in [0.29, 0.717) is 0 Å². The van der Waals surface area contributed by atoms with E-state index in [4.69, 9.17) is 9.47 Å². The van der Waals surface area contributed by atoms with E-state index in [0.717, 1.165) is 43.6 Å². The van der Waals surface area contributed by atoms with Crippen LogP contribution in [0, 0.1) is 0 Å². The molecule has 1 aromatic rings. The number of carbonyl (C=O) groups is 1. The Kier molecular flexibility index (Phi) is 5.56. The first kappa shape index (κ1) is 16.9. The Morgan fingerprint density at radius 1 is 1.32 bits per heavy atom. The average Bonchev–Trinajstić information content (AvgIpc) is 2.78. The number of ether oxygens (including phenoxy) is 2. The van der Waals surface area contributed by atoms with Crippen molar-refractivity contribution in [3.05, 3.63) is 11.4 Å². The summed E-state index contributed by atoms with van der Waals surface area (Å²) in [6, 6.07) is 0. The van der Waals surface area contributed by atoms with Crippen LogP contribution in [0.5, 0.6) is 0 Å². The standard InChI is InChI=1S/C16H27N3O3/c1-5-19-12-9-7-6-8-10-13(15(12)17-18-19)21-11-14(20)22-16(2,3)4/h13H,5-11H2,1-4H3. The van der Waals surface area contributed by atoms with Crippen molar-refractivity contribution in [1.29, 1.82) is 0 Å². The van der Waals surface area contributed by atoms with E-state index in [2.05, 4.69) is 17.2 Å². The molecule has 0 aliphatic heterocycles. The van der Waals surface area contributed by atoms with Crippen molar-refractivity contribution in [2.75, 3.05) is 6.61 Å². The number of esters is 1. The molecule has 0 amide bonds. The van der Waals surface area contributed by atoms with Crippen molar-refractivity contribution in [2.24, 2.45) is 0 Å². The molecule has 0 bridgehead atoms. The molecule has 1 aliphatic rings. The molecule has 1 atom stereocenters. The van der Waals surface area contributed by atoms with Gasteiger partial charge in [0.2, 0.25) is 0 Å². The highest BCUT2D eigenvalue weighted by Gasteiger charge is 2.25. The third kappa shape index (κ3) is 4.53. The number of hydrogen-bond donors (Lipinski definition) is 0. The number of hydrogen-bond acceptors (Lipinski definition) is 5. The summed E-state index contributed by atoms with van der Waals surface area (Å²) in [5.74, 6) is -0.334. The van der Waals surface area contributed by atoms with Crippen LogP contribution in [0.25, 0.3) is 0 Å². The number of carbonyl (C=O) groups excluding carboxylic acids is 1. The van der Waals surface area contributed by atoms with Gasteiger partial charge in [0, 0.05) is 6.54 Å². The van der Waals surface area contributed by atoms with Gasteiger partial charge in [0.25, 0.3) is 0 Å². The first-order valence-corrected chi connectivity index (χ1v) is 8.16. The summed E-state index contributed by atoms with van der Waals surface area (Å²) in [5.41, 5.74) is 1.55. The van der Waals surface area contributed by atoms with Crippen LogP contribution in [0.1, 0.15) is 70.9 Å². The summed E-state index contributed by atoms with van der Waals surface area (Å²) in [6.45, 7) is 8.38. The number of aryl methyl sites for hydroxylation is 1. The second kappa shape index (κ2) is 7.22. The van der Waals surface area contributed by atoms with Crippen molar-refractivity contribution in [3.63, 3.8) is 0 Å². The fourth-order valence-electron chi connectivity index (χ4n) is 2.75. The minimum atomic E-state index is -0.488. The van der Waals surface area contributed by atoms with Gasteiger partial charge < -0.3 is 9.47 Å². The van der Waals surface area contributed by atoms with Gasteiger partial charge in [0.1, 0.15) is 24.0 Å². The van der Waals surface area contributed by atoms with Crippen LogP contribution >= 0.6 is 0 Å². The van der Waals surface area contributed by atoms with Gasteiger partial charge in [-0.1, -0.05) is 18.1 Å². The molecule has 124 valence electrons. The molecule has 0 saturated heterocycles. The molecule has 1 heterocycles. The molecule has 0 spiro atoms. The fraction of sp³-hybridized carbons (Fsp3) is 0.812. The topological polar surface area (TPSA) is 66.2 Å². The Morgan fingerprint density at radius 3 is 2.77 bits per heavy atom. The van der Waals surface area contributed by atoms with Crippen LogP contribution in [0.4, 0.5) is 0 Å². The molecule has 0 aromatic carbocycles. The number of aromatic nitrogens is 3. The lowest BCUT2D eigenvalue weighted by atomic mass is 9.99. The number of fused-ring (bicyclic) bond motifs is 1. The molecule has 1 aromatic heterocycles. The Hall–Kier alpha value is -1.43. The third-order valence-electron chi connectivity index (χ3n) is 3.67. The van der Waals surface area contributed by atoms with E-state index < -0.39 is 5.60 Å². The maximum atomic E-state index is 11.8. The lowest BCUT2D eigenvalue weighted by Gasteiger charge is -2.22. The summed E-state index contributed by atoms with van der Waals surface area (Å²) in [6.07, 6.45) is 5.08. The molecule has 6 nitrogen and oxygen atoms in total. The SMILES string of the molecule is CCn1nnc2c1CCCCCC2OCC(=O)OC(C)(C)C. The molecular weight excluding hydrogens is 282 g/mol. The van der Waals surface area contributed by atoms with Crippen LogP contribution in [0.15, 0.2) is 0 Å². The molecule has 6 heteroatoms. The largest absolute Gasteiger partial charge is 0.458 e. The van der Waals surface area contributed by atoms with Crippen molar-refractivity contribution in [3.8, 4) is 0 Å². The van der Waals surface area contributed by atoms with Gasteiger partial charge in [-0.15, -0.1) is 5.10 Å². The van der Waals surface area contributed by atoms with E-state index >= 15 is 0 Å². The lowest BCUT2D eigenvalue weighted by molar-refractivity contribution is -0.162. The zero-order valence-corrected chi connectivity index (χ0v) is 14.1. The monoisotopic (exact) mass is 309 g/mol. The quantitative estimate of drug-likeness (QED) is 0.800. The molecule has 1 aliphatic carbocycles. The highest BCUT2D eigenvalue weighted by molar-refractivity contribution is 5.71. The molecule has 0 N–H and O–H groups in total. The minimum Gasteiger partial charge on any atom is -0.458 e. The molecule has 0 saturated carbocycles. The zero-order valence-electron chi connectivity index (χ0n) is 14.1. The van der Waals surface area contributed by atoms with Gasteiger partial charge in [-0.05, 0) is 47.0 Å². The lowest BCUT2D eigenvalue weighted by Crippen LogP contribution is -2.27. The number of rotatable bonds is 4. The first-order chi connectivity index (χ1) is 10.4. The maximum absolute atomic E-state index is 11.8. The Bertz CT molecular complexity index is 505. The smallest absolute Gasteiger partial charge is 0.332 e. The predicted molar refractivity (Wildman–Crippen MR) is 82.4 cm³/mol. The predicted octanol–water partition coefficient (Wildman–Crippen LogP) is 2.81. The van der Waals surface area contributed by atoms with Gasteiger partial charge in [0.15, 0.2) is 0 Å². The molecule has 2 rings (SSSR count). The second-order valence-corrected chi connectivity index (χ2v) is 6.72. The van der Waals surface area contributed by atoms with E-state index in [1.807, 2.05) is 25.5 Å². The highest BCUT2D eigenvalue weighted by Crippen LogP contribution is 2.29. The van der Waals surface area contributed by atoms with Crippen LogP contribution in [-0.4, -0.2) is 33.2 Å². The van der Waals surface area contributed by atoms with Crippen molar-refractivity contribution >= 4 is 5.97 Å². The van der Waals surface area contributed by atoms with Crippen molar-refractivity contribution in [2.45, 2.75) is 78.0 Å². The molecule has 1 unspecified atom stereocenters. The van der Waals surface area contributed by atoms with Gasteiger partial charge >= 0.3 is 5.97 Å². The van der Waals surface area contributed by atoms with Gasteiger partial charge in [0.05, 0.1) is 5.69 Å². The molecule has 22 heavy (non-hydrogen) atoms. The number of nitrogens with zero attached hydrogens (tertiary/aromatic N) is 3. The van der Waals surface area contributed by atoms with Gasteiger partial charge in [-0.3, -0.25) is 0 Å². The summed E-state index contributed by atoms with van der Waals surface area (Å²) in [5, 5.41) is 8.51. The van der Waals surface area contributed by atoms with Crippen LogP contribution in [0.3, 0.4) is 0 Å². The zero-order chi connectivity index (χ0) is 16.2. The first-order valence-electron chi connectivity index (χ1n) is 8.16. The van der Waals surface area contributed by atoms with Crippen molar-refractivity contribution in [1.82, 2.24) is 15.0 Å². The average molecular weight is 309 g/mol. The normalized spacial score (nSPS) is 19.2. The van der Waals surface area contributed by atoms with Gasteiger partial charge in [-0.25, -0.2) is 9.48 Å². The summed E-state index contributed by atoms with van der Waals surface area (Å²) < 4.78 is 13.0. The second-order valence-electron chi connectivity index (χ2n) is 6.72. The highest BCUT2D eigenvalue weighted by atomic mass is 16.6. The molecular formula is C16H27N3O3. The summed E-state index contributed by atoms with van der Waals surface area (Å²) >= 11 is 0. The van der Waals surface area contributed by atoms with Crippen molar-refractivity contribution < 1.29 is 14.3 Å². The summed E-state index contributed by atoms with van der Waals surface area (Å²) in [4.78, 5) is 11.8. The van der Waals surface area contributed by atoms with Crippen LogP contribution in [-0.2, 0) is 27.2 Å². The maximum Gasteiger partial charge on any atom is 0.332 e. The minimum absolute atomic E-state index is 0.0413. The van der Waals surface area contributed by atoms with Gasteiger partial charge in [-0.2, -0.15) is 0 Å². The molecule has 0 radical (unpaired) electrons.